The Kier molecular flexibility index (Phi) is 1.77. The van der Waals surface area contributed by atoms with Gasteiger partial charge in [-0.05, 0) is 26.0 Å². The van der Waals surface area contributed by atoms with Crippen LogP contribution >= 0.6 is 0 Å². The average molecular weight is 134 g/mol. The van der Waals surface area contributed by atoms with Crippen molar-refractivity contribution in [2.45, 2.75) is 19.9 Å². The average Bonchev–Trinajstić information content (AvgIpc) is 1.85. The molecule has 1 aliphatic heterocycles. The van der Waals surface area contributed by atoms with Gasteiger partial charge in [-0.2, -0.15) is 5.26 Å². The van der Waals surface area contributed by atoms with Crippen LogP contribution in [0.2, 0.25) is 0 Å². The Labute approximate surface area is 60.9 Å². The third kappa shape index (κ3) is 1.38. The first kappa shape index (κ1) is 6.88. The van der Waals surface area contributed by atoms with E-state index in [-0.39, 0.29) is 0 Å². The van der Waals surface area contributed by atoms with Crippen LogP contribution in [0.4, 0.5) is 0 Å². The Balaban J connectivity index is 2.84. The SMILES string of the molecule is CC1=CC(C#N)=CC(C)N1. The minimum atomic E-state index is 0.291. The lowest BCUT2D eigenvalue weighted by Crippen LogP contribution is -2.24. The zero-order valence-corrected chi connectivity index (χ0v) is 6.18. The van der Waals surface area contributed by atoms with E-state index in [0.717, 1.165) is 11.3 Å². The van der Waals surface area contributed by atoms with Gasteiger partial charge < -0.3 is 5.32 Å². The highest BCUT2D eigenvalue weighted by atomic mass is 14.9. The van der Waals surface area contributed by atoms with Crippen LogP contribution in [-0.4, -0.2) is 6.04 Å². The van der Waals surface area contributed by atoms with E-state index in [1.807, 2.05) is 26.0 Å². The molecule has 52 valence electrons. The van der Waals surface area contributed by atoms with Gasteiger partial charge in [0.2, 0.25) is 0 Å². The highest BCUT2D eigenvalue weighted by Crippen LogP contribution is 2.07. The maximum atomic E-state index is 8.54. The first-order chi connectivity index (χ1) is 4.72. The molecule has 0 aromatic rings. The predicted octanol–water partition coefficient (Wildman–Crippen LogP) is 1.33. The van der Waals surface area contributed by atoms with Gasteiger partial charge in [0.05, 0.1) is 11.6 Å². The molecule has 0 aliphatic carbocycles. The largest absolute Gasteiger partial charge is 0.383 e. The highest BCUT2D eigenvalue weighted by molar-refractivity contribution is 5.38. The molecule has 2 nitrogen and oxygen atoms in total. The van der Waals surface area contributed by atoms with E-state index in [9.17, 15) is 0 Å². The van der Waals surface area contributed by atoms with Crippen molar-refractivity contribution in [3.8, 4) is 6.07 Å². The van der Waals surface area contributed by atoms with Gasteiger partial charge in [0, 0.05) is 11.7 Å². The molecule has 10 heavy (non-hydrogen) atoms. The smallest absolute Gasteiger partial charge is 0.0989 e. The summed E-state index contributed by atoms with van der Waals surface area (Å²) in [5.41, 5.74) is 1.82. The van der Waals surface area contributed by atoms with Crippen molar-refractivity contribution in [1.29, 1.82) is 5.26 Å². The van der Waals surface area contributed by atoms with Gasteiger partial charge in [-0.1, -0.05) is 0 Å². The molecule has 1 N–H and O–H groups in total. The minimum Gasteiger partial charge on any atom is -0.383 e. The summed E-state index contributed by atoms with van der Waals surface area (Å²) in [5, 5.41) is 11.7. The second-order valence-corrected chi connectivity index (χ2v) is 2.49. The van der Waals surface area contributed by atoms with Gasteiger partial charge in [0.15, 0.2) is 0 Å². The van der Waals surface area contributed by atoms with Crippen molar-refractivity contribution in [1.82, 2.24) is 5.32 Å². The first-order valence-electron chi connectivity index (χ1n) is 3.29. The van der Waals surface area contributed by atoms with Crippen LogP contribution in [0, 0.1) is 11.3 Å². The van der Waals surface area contributed by atoms with Crippen LogP contribution in [0.3, 0.4) is 0 Å². The van der Waals surface area contributed by atoms with Crippen molar-refractivity contribution >= 4 is 0 Å². The molecular formula is C8H10N2. The van der Waals surface area contributed by atoms with Crippen LogP contribution in [0.25, 0.3) is 0 Å². The molecule has 0 aromatic carbocycles. The van der Waals surface area contributed by atoms with Crippen LogP contribution in [0.1, 0.15) is 13.8 Å². The summed E-state index contributed by atoms with van der Waals surface area (Å²) in [6.07, 6.45) is 3.76. The van der Waals surface area contributed by atoms with Crippen LogP contribution in [-0.2, 0) is 0 Å². The Bertz CT molecular complexity index is 230. The summed E-state index contributed by atoms with van der Waals surface area (Å²) < 4.78 is 0. The normalized spacial score (nSPS) is 23.9. The second-order valence-electron chi connectivity index (χ2n) is 2.49. The first-order valence-corrected chi connectivity index (χ1v) is 3.29. The number of dihydropyridines is 1. The standard InChI is InChI=1S/C8H10N2/c1-6-3-8(5-9)4-7(2)10-6/h3-4,6,10H,1-2H3. The zero-order chi connectivity index (χ0) is 7.56. The van der Waals surface area contributed by atoms with E-state index < -0.39 is 0 Å². The molecule has 0 saturated carbocycles. The maximum absolute atomic E-state index is 8.54. The molecule has 0 aromatic heterocycles. The lowest BCUT2D eigenvalue weighted by atomic mass is 10.1. The molecule has 0 bridgehead atoms. The van der Waals surface area contributed by atoms with Gasteiger partial charge in [-0.25, -0.2) is 0 Å². The van der Waals surface area contributed by atoms with E-state index >= 15 is 0 Å². The van der Waals surface area contributed by atoms with Gasteiger partial charge in [0.1, 0.15) is 0 Å². The number of allylic oxidation sites excluding steroid dienone is 3. The quantitative estimate of drug-likeness (QED) is 0.542. The third-order valence-corrected chi connectivity index (χ3v) is 1.39. The fraction of sp³-hybridized carbons (Fsp3) is 0.375. The fourth-order valence-electron chi connectivity index (χ4n) is 1.06. The molecule has 1 unspecified atom stereocenters. The van der Waals surface area contributed by atoms with Crippen molar-refractivity contribution in [3.05, 3.63) is 23.4 Å². The fourth-order valence-corrected chi connectivity index (χ4v) is 1.06. The van der Waals surface area contributed by atoms with Crippen LogP contribution in [0.15, 0.2) is 23.4 Å². The Hall–Kier alpha value is -1.23. The number of rotatable bonds is 0. The number of nitriles is 1. The molecule has 0 fully saturated rings. The number of hydrogen-bond donors (Lipinski definition) is 1. The van der Waals surface area contributed by atoms with E-state index in [2.05, 4.69) is 11.4 Å². The Morgan fingerprint density at radius 3 is 2.90 bits per heavy atom. The van der Waals surface area contributed by atoms with E-state index in [0.29, 0.717) is 6.04 Å². The summed E-state index contributed by atoms with van der Waals surface area (Å²) in [6.45, 7) is 3.98. The summed E-state index contributed by atoms with van der Waals surface area (Å²) >= 11 is 0. The summed E-state index contributed by atoms with van der Waals surface area (Å²) in [7, 11) is 0. The Morgan fingerprint density at radius 1 is 1.70 bits per heavy atom. The van der Waals surface area contributed by atoms with Gasteiger partial charge in [-0.15, -0.1) is 0 Å². The van der Waals surface area contributed by atoms with Crippen molar-refractivity contribution in [2.24, 2.45) is 0 Å². The van der Waals surface area contributed by atoms with Crippen molar-refractivity contribution in [3.63, 3.8) is 0 Å². The maximum Gasteiger partial charge on any atom is 0.0989 e. The second kappa shape index (κ2) is 2.57. The lowest BCUT2D eigenvalue weighted by molar-refractivity contribution is 0.714. The molecule has 1 heterocycles. The molecular weight excluding hydrogens is 124 g/mol. The van der Waals surface area contributed by atoms with E-state index in [4.69, 9.17) is 5.26 Å². The summed E-state index contributed by atoms with van der Waals surface area (Å²) in [5.74, 6) is 0. The Morgan fingerprint density at radius 2 is 2.40 bits per heavy atom. The number of nitrogens with zero attached hydrogens (tertiary/aromatic N) is 1. The molecule has 0 spiro atoms. The topological polar surface area (TPSA) is 35.8 Å². The zero-order valence-electron chi connectivity index (χ0n) is 6.18. The molecule has 0 radical (unpaired) electrons. The molecule has 0 saturated heterocycles. The minimum absolute atomic E-state index is 0.291. The third-order valence-electron chi connectivity index (χ3n) is 1.39. The van der Waals surface area contributed by atoms with Crippen molar-refractivity contribution < 1.29 is 0 Å². The van der Waals surface area contributed by atoms with Crippen LogP contribution < -0.4 is 5.32 Å². The molecule has 0 amide bonds. The molecule has 1 aliphatic rings. The lowest BCUT2D eigenvalue weighted by Gasteiger charge is -2.15. The van der Waals surface area contributed by atoms with E-state index in [1.165, 1.54) is 0 Å². The monoisotopic (exact) mass is 134 g/mol. The van der Waals surface area contributed by atoms with Gasteiger partial charge in [-0.3, -0.25) is 0 Å². The number of hydrogen-bond acceptors (Lipinski definition) is 2. The molecule has 1 rings (SSSR count). The summed E-state index contributed by atoms with van der Waals surface area (Å²) in [6, 6.07) is 2.40. The van der Waals surface area contributed by atoms with Gasteiger partial charge >= 0.3 is 0 Å². The summed E-state index contributed by atoms with van der Waals surface area (Å²) in [4.78, 5) is 0. The highest BCUT2D eigenvalue weighted by Gasteiger charge is 2.04. The number of nitrogens with one attached hydrogen (secondary N) is 1. The molecule has 1 atom stereocenters. The van der Waals surface area contributed by atoms with E-state index in [1.54, 1.807) is 0 Å². The van der Waals surface area contributed by atoms with Crippen LogP contribution in [0.5, 0.6) is 0 Å². The predicted molar refractivity (Wildman–Crippen MR) is 40.1 cm³/mol. The van der Waals surface area contributed by atoms with Gasteiger partial charge in [0.25, 0.3) is 0 Å². The van der Waals surface area contributed by atoms with Crippen molar-refractivity contribution in [2.75, 3.05) is 0 Å². The molecule has 2 heteroatoms.